The molecule has 1 aromatic carbocycles. The van der Waals surface area contributed by atoms with E-state index in [0.717, 1.165) is 16.3 Å². The van der Waals surface area contributed by atoms with Gasteiger partial charge in [0.25, 0.3) is 0 Å². The van der Waals surface area contributed by atoms with E-state index < -0.39 is 0 Å². The van der Waals surface area contributed by atoms with Crippen LogP contribution in [0.25, 0.3) is 27.0 Å². The van der Waals surface area contributed by atoms with Gasteiger partial charge in [-0.05, 0) is 24.3 Å². The second kappa shape index (κ2) is 5.26. The van der Waals surface area contributed by atoms with Gasteiger partial charge in [-0.15, -0.1) is 0 Å². The van der Waals surface area contributed by atoms with Crippen LogP contribution in [-0.2, 0) is 0 Å². The van der Waals surface area contributed by atoms with Crippen molar-refractivity contribution >= 4 is 16.3 Å². The van der Waals surface area contributed by atoms with Crippen LogP contribution in [0.3, 0.4) is 0 Å². The van der Waals surface area contributed by atoms with E-state index in [-0.39, 0.29) is 0 Å². The van der Waals surface area contributed by atoms with E-state index in [9.17, 15) is 5.26 Å². The first-order chi connectivity index (χ1) is 11.3. The van der Waals surface area contributed by atoms with Gasteiger partial charge in [0.2, 0.25) is 4.96 Å². The highest BCUT2D eigenvalue weighted by atomic mass is 32.1. The van der Waals surface area contributed by atoms with Gasteiger partial charge in [-0.3, -0.25) is 0 Å². The normalized spacial score (nSPS) is 10.8. The molecule has 0 radical (unpaired) electrons. The third kappa shape index (κ3) is 2.08. The Balaban J connectivity index is 1.90. The van der Waals surface area contributed by atoms with Gasteiger partial charge in [0.15, 0.2) is 16.5 Å². The van der Waals surface area contributed by atoms with Crippen molar-refractivity contribution in [3.05, 3.63) is 48.4 Å². The second-order valence-electron chi connectivity index (χ2n) is 4.70. The summed E-state index contributed by atoms with van der Waals surface area (Å²) in [7, 11) is 1.62. The van der Waals surface area contributed by atoms with Crippen molar-refractivity contribution in [2.45, 2.75) is 0 Å². The van der Waals surface area contributed by atoms with E-state index >= 15 is 0 Å². The molecule has 0 saturated carbocycles. The predicted molar refractivity (Wildman–Crippen MR) is 85.3 cm³/mol. The molecule has 0 aliphatic carbocycles. The zero-order valence-corrected chi connectivity index (χ0v) is 12.9. The van der Waals surface area contributed by atoms with E-state index in [2.05, 4.69) is 16.2 Å². The summed E-state index contributed by atoms with van der Waals surface area (Å²) < 4.78 is 12.3. The van der Waals surface area contributed by atoms with Crippen LogP contribution in [0.15, 0.2) is 47.1 Å². The van der Waals surface area contributed by atoms with Crippen LogP contribution in [0, 0.1) is 11.3 Å². The van der Waals surface area contributed by atoms with E-state index in [1.54, 1.807) is 30.0 Å². The average molecular weight is 322 g/mol. The number of nitriles is 1. The highest BCUT2D eigenvalue weighted by Gasteiger charge is 2.20. The first kappa shape index (κ1) is 13.5. The quantitative estimate of drug-likeness (QED) is 0.576. The molecule has 23 heavy (non-hydrogen) atoms. The topological polar surface area (TPSA) is 76.3 Å². The van der Waals surface area contributed by atoms with Gasteiger partial charge in [0, 0.05) is 0 Å². The molecule has 0 bridgehead atoms. The lowest BCUT2D eigenvalue weighted by atomic mass is 10.2. The van der Waals surface area contributed by atoms with E-state index in [1.807, 2.05) is 24.3 Å². The molecular formula is C16H10N4O2S. The minimum atomic E-state index is 0.354. The number of hydrogen-bond donors (Lipinski definition) is 0. The van der Waals surface area contributed by atoms with Gasteiger partial charge in [-0.2, -0.15) is 14.9 Å². The molecule has 0 fully saturated rings. The van der Waals surface area contributed by atoms with Crippen LogP contribution < -0.4 is 4.74 Å². The minimum Gasteiger partial charge on any atom is -0.496 e. The van der Waals surface area contributed by atoms with Crippen LogP contribution >= 0.6 is 11.3 Å². The van der Waals surface area contributed by atoms with Crippen LogP contribution in [0.5, 0.6) is 5.75 Å². The molecule has 3 aromatic heterocycles. The van der Waals surface area contributed by atoms with Gasteiger partial charge < -0.3 is 9.15 Å². The van der Waals surface area contributed by atoms with E-state index in [1.165, 1.54) is 11.3 Å². The summed E-state index contributed by atoms with van der Waals surface area (Å²) in [5, 5.41) is 14.7. The second-order valence-corrected chi connectivity index (χ2v) is 5.66. The molecular weight excluding hydrogens is 312 g/mol. The highest BCUT2D eigenvalue weighted by molar-refractivity contribution is 7.19. The Hall–Kier alpha value is -3.11. The Morgan fingerprint density at radius 2 is 2.13 bits per heavy atom. The SMILES string of the molecule is COc1ccccc1-c1nn2c(C#N)c(-c3ccco3)nc2s1. The lowest BCUT2D eigenvalue weighted by molar-refractivity contribution is 0.416. The number of aromatic nitrogens is 3. The number of imidazole rings is 1. The lowest BCUT2D eigenvalue weighted by Gasteiger charge is -2.03. The maximum Gasteiger partial charge on any atom is 0.214 e. The third-order valence-electron chi connectivity index (χ3n) is 3.40. The first-order valence-corrected chi connectivity index (χ1v) is 7.60. The fraction of sp³-hybridized carbons (Fsp3) is 0.0625. The molecule has 3 heterocycles. The molecule has 4 rings (SSSR count). The highest BCUT2D eigenvalue weighted by Crippen LogP contribution is 2.35. The molecule has 7 heteroatoms. The third-order valence-corrected chi connectivity index (χ3v) is 4.34. The predicted octanol–water partition coefficient (Wildman–Crippen LogP) is 3.60. The maximum absolute atomic E-state index is 9.47. The Labute approximate surface area is 135 Å². The molecule has 6 nitrogen and oxygen atoms in total. The van der Waals surface area contributed by atoms with Gasteiger partial charge in [-0.25, -0.2) is 4.98 Å². The summed E-state index contributed by atoms with van der Waals surface area (Å²) in [6.07, 6.45) is 1.55. The number of hydrogen-bond acceptors (Lipinski definition) is 6. The summed E-state index contributed by atoms with van der Waals surface area (Å²) in [6.45, 7) is 0. The standard InChI is InChI=1S/C16H10N4O2S/c1-21-12-6-3-2-5-10(12)15-19-20-11(9-17)14(18-16(20)23-15)13-7-4-8-22-13/h2-8H,1H3. The van der Waals surface area contributed by atoms with Gasteiger partial charge in [0.05, 0.1) is 18.9 Å². The van der Waals surface area contributed by atoms with Crippen LogP contribution in [-0.4, -0.2) is 21.7 Å². The zero-order chi connectivity index (χ0) is 15.8. The molecule has 0 aliphatic rings. The molecule has 0 atom stereocenters. The largest absolute Gasteiger partial charge is 0.496 e. The summed E-state index contributed by atoms with van der Waals surface area (Å²) in [4.78, 5) is 5.12. The maximum atomic E-state index is 9.47. The number of ether oxygens (including phenoxy) is 1. The van der Waals surface area contributed by atoms with Crippen LogP contribution in [0.1, 0.15) is 5.69 Å². The number of furan rings is 1. The van der Waals surface area contributed by atoms with Crippen molar-refractivity contribution in [1.82, 2.24) is 14.6 Å². The smallest absolute Gasteiger partial charge is 0.214 e. The number of methoxy groups -OCH3 is 1. The number of para-hydroxylation sites is 1. The molecule has 112 valence electrons. The average Bonchev–Trinajstić information content (AvgIpc) is 3.29. The number of rotatable bonds is 3. The van der Waals surface area contributed by atoms with Gasteiger partial charge >= 0.3 is 0 Å². The zero-order valence-electron chi connectivity index (χ0n) is 12.1. The number of nitrogens with zero attached hydrogens (tertiary/aromatic N) is 4. The molecule has 0 saturated heterocycles. The molecule has 0 spiro atoms. The number of fused-ring (bicyclic) bond motifs is 1. The van der Waals surface area contributed by atoms with E-state index in [4.69, 9.17) is 9.15 Å². The van der Waals surface area contributed by atoms with Crippen molar-refractivity contribution < 1.29 is 9.15 Å². The van der Waals surface area contributed by atoms with Gasteiger partial charge in [-0.1, -0.05) is 23.5 Å². The van der Waals surface area contributed by atoms with Crippen molar-refractivity contribution in [2.75, 3.05) is 7.11 Å². The van der Waals surface area contributed by atoms with E-state index in [0.29, 0.717) is 22.1 Å². The minimum absolute atomic E-state index is 0.354. The fourth-order valence-electron chi connectivity index (χ4n) is 2.36. The van der Waals surface area contributed by atoms with Crippen molar-refractivity contribution in [1.29, 1.82) is 5.26 Å². The Kier molecular flexibility index (Phi) is 3.10. The molecule has 0 aliphatic heterocycles. The first-order valence-electron chi connectivity index (χ1n) is 6.78. The van der Waals surface area contributed by atoms with Crippen molar-refractivity contribution in [3.63, 3.8) is 0 Å². The Morgan fingerprint density at radius 1 is 1.26 bits per heavy atom. The Bertz CT molecular complexity index is 1020. The summed E-state index contributed by atoms with van der Waals surface area (Å²) in [5.41, 5.74) is 1.73. The molecule has 0 unspecified atom stereocenters. The molecule has 0 amide bonds. The van der Waals surface area contributed by atoms with Crippen LogP contribution in [0.4, 0.5) is 0 Å². The monoisotopic (exact) mass is 322 g/mol. The summed E-state index contributed by atoms with van der Waals surface area (Å²) in [6, 6.07) is 13.3. The lowest BCUT2D eigenvalue weighted by Crippen LogP contribution is -1.92. The molecule has 0 N–H and O–H groups in total. The number of benzene rings is 1. The van der Waals surface area contributed by atoms with Crippen molar-refractivity contribution in [2.24, 2.45) is 0 Å². The fourth-order valence-corrected chi connectivity index (χ4v) is 3.29. The Morgan fingerprint density at radius 3 is 2.87 bits per heavy atom. The summed E-state index contributed by atoms with van der Waals surface area (Å²) >= 11 is 1.40. The van der Waals surface area contributed by atoms with Crippen LogP contribution in [0.2, 0.25) is 0 Å². The summed E-state index contributed by atoms with van der Waals surface area (Å²) in [5.74, 6) is 1.28. The molecule has 4 aromatic rings. The van der Waals surface area contributed by atoms with Gasteiger partial charge in [0.1, 0.15) is 17.5 Å². The van der Waals surface area contributed by atoms with Crippen molar-refractivity contribution in [3.8, 4) is 33.8 Å².